The minimum atomic E-state index is 0.143. The van der Waals surface area contributed by atoms with E-state index in [1.165, 1.54) is 6.42 Å². The van der Waals surface area contributed by atoms with Crippen molar-refractivity contribution in [1.29, 1.82) is 0 Å². The third-order valence-corrected chi connectivity index (χ3v) is 3.99. The Morgan fingerprint density at radius 3 is 2.68 bits per heavy atom. The summed E-state index contributed by atoms with van der Waals surface area (Å²) in [6, 6.07) is 5.83. The molecule has 0 unspecified atom stereocenters. The second-order valence-electron chi connectivity index (χ2n) is 5.27. The molecule has 0 radical (unpaired) electrons. The molecule has 1 aromatic carbocycles. The zero-order chi connectivity index (χ0) is 13.4. The van der Waals surface area contributed by atoms with Crippen molar-refractivity contribution >= 4 is 16.9 Å². The molecule has 4 nitrogen and oxygen atoms in total. The maximum absolute atomic E-state index is 12.4. The van der Waals surface area contributed by atoms with Crippen LogP contribution in [-0.4, -0.2) is 33.4 Å². The van der Waals surface area contributed by atoms with Crippen molar-refractivity contribution in [2.45, 2.75) is 26.2 Å². The van der Waals surface area contributed by atoms with Gasteiger partial charge in [-0.1, -0.05) is 0 Å². The maximum atomic E-state index is 12.4. The van der Waals surface area contributed by atoms with Crippen molar-refractivity contribution in [2.75, 3.05) is 13.1 Å². The second kappa shape index (κ2) is 4.68. The van der Waals surface area contributed by atoms with Gasteiger partial charge in [0.2, 0.25) is 0 Å². The van der Waals surface area contributed by atoms with E-state index in [2.05, 4.69) is 4.98 Å². The van der Waals surface area contributed by atoms with Gasteiger partial charge in [0.25, 0.3) is 5.91 Å². The van der Waals surface area contributed by atoms with Crippen LogP contribution in [0.5, 0.6) is 0 Å². The maximum Gasteiger partial charge on any atom is 0.253 e. The first-order valence-electron chi connectivity index (χ1n) is 6.89. The molecule has 4 heteroatoms. The predicted octanol–water partition coefficient (Wildman–Crippen LogP) is 2.51. The quantitative estimate of drug-likeness (QED) is 0.787. The van der Waals surface area contributed by atoms with E-state index in [1.807, 2.05) is 41.6 Å². The SMILES string of the molecule is Cc1nc2cc(C(=O)N3CCCCC3)ccc2n1C. The fourth-order valence-electron chi connectivity index (χ4n) is 2.73. The Morgan fingerprint density at radius 2 is 1.95 bits per heavy atom. The molecule has 0 N–H and O–H groups in total. The van der Waals surface area contributed by atoms with E-state index < -0.39 is 0 Å². The molecule has 1 fully saturated rings. The first kappa shape index (κ1) is 12.2. The molecule has 1 aromatic heterocycles. The van der Waals surface area contributed by atoms with E-state index >= 15 is 0 Å². The van der Waals surface area contributed by atoms with Gasteiger partial charge >= 0.3 is 0 Å². The molecule has 0 aliphatic carbocycles. The molecule has 19 heavy (non-hydrogen) atoms. The number of benzene rings is 1. The van der Waals surface area contributed by atoms with Crippen LogP contribution < -0.4 is 0 Å². The lowest BCUT2D eigenvalue weighted by atomic mass is 10.1. The minimum absolute atomic E-state index is 0.143. The van der Waals surface area contributed by atoms with Crippen LogP contribution in [0, 0.1) is 6.92 Å². The summed E-state index contributed by atoms with van der Waals surface area (Å²) in [6.07, 6.45) is 3.48. The summed E-state index contributed by atoms with van der Waals surface area (Å²) < 4.78 is 2.05. The average Bonchev–Trinajstić information content (AvgIpc) is 2.74. The molecule has 1 aliphatic heterocycles. The summed E-state index contributed by atoms with van der Waals surface area (Å²) in [6.45, 7) is 3.75. The van der Waals surface area contributed by atoms with Crippen LogP contribution in [0.4, 0.5) is 0 Å². The molecule has 1 aliphatic rings. The van der Waals surface area contributed by atoms with E-state index in [0.29, 0.717) is 0 Å². The van der Waals surface area contributed by atoms with Gasteiger partial charge in [0.15, 0.2) is 0 Å². The zero-order valence-electron chi connectivity index (χ0n) is 11.5. The van der Waals surface area contributed by atoms with E-state index in [0.717, 1.165) is 48.4 Å². The summed E-state index contributed by atoms with van der Waals surface area (Å²) in [5.74, 6) is 1.11. The van der Waals surface area contributed by atoms with Gasteiger partial charge in [-0.05, 0) is 44.4 Å². The molecule has 2 heterocycles. The molecule has 0 atom stereocenters. The number of rotatable bonds is 1. The first-order chi connectivity index (χ1) is 9.16. The standard InChI is InChI=1S/C15H19N3O/c1-11-16-13-10-12(6-7-14(13)17(11)2)15(19)18-8-4-3-5-9-18/h6-7,10H,3-5,8-9H2,1-2H3. The minimum Gasteiger partial charge on any atom is -0.339 e. The number of fused-ring (bicyclic) bond motifs is 1. The summed E-state index contributed by atoms with van der Waals surface area (Å²) in [5, 5.41) is 0. The van der Waals surface area contributed by atoms with E-state index in [9.17, 15) is 4.79 Å². The molecule has 0 saturated carbocycles. The Bertz CT molecular complexity index is 624. The van der Waals surface area contributed by atoms with Crippen LogP contribution in [0.2, 0.25) is 0 Å². The first-order valence-corrected chi connectivity index (χ1v) is 6.89. The lowest BCUT2D eigenvalue weighted by Crippen LogP contribution is -2.35. The van der Waals surface area contributed by atoms with Crippen LogP contribution in [0.15, 0.2) is 18.2 Å². The van der Waals surface area contributed by atoms with Crippen LogP contribution >= 0.6 is 0 Å². The number of amides is 1. The predicted molar refractivity (Wildman–Crippen MR) is 75.2 cm³/mol. The lowest BCUT2D eigenvalue weighted by molar-refractivity contribution is 0.0724. The number of carbonyl (C=O) groups excluding carboxylic acids is 1. The summed E-state index contributed by atoms with van der Waals surface area (Å²) in [5.41, 5.74) is 2.74. The number of hydrogen-bond acceptors (Lipinski definition) is 2. The number of hydrogen-bond donors (Lipinski definition) is 0. The Morgan fingerprint density at radius 1 is 1.21 bits per heavy atom. The van der Waals surface area contributed by atoms with Crippen LogP contribution in [0.1, 0.15) is 35.4 Å². The largest absolute Gasteiger partial charge is 0.339 e. The highest BCUT2D eigenvalue weighted by Crippen LogP contribution is 2.19. The Kier molecular flexibility index (Phi) is 3.01. The highest BCUT2D eigenvalue weighted by atomic mass is 16.2. The van der Waals surface area contributed by atoms with E-state index in [1.54, 1.807) is 0 Å². The lowest BCUT2D eigenvalue weighted by Gasteiger charge is -2.26. The topological polar surface area (TPSA) is 38.1 Å². The Labute approximate surface area is 113 Å². The van der Waals surface area contributed by atoms with Crippen molar-refractivity contribution in [3.63, 3.8) is 0 Å². The normalized spacial score (nSPS) is 16.0. The van der Waals surface area contributed by atoms with Gasteiger partial charge in [0, 0.05) is 25.7 Å². The van der Waals surface area contributed by atoms with Crippen molar-refractivity contribution in [3.05, 3.63) is 29.6 Å². The Balaban J connectivity index is 1.94. The number of imidazole rings is 1. The van der Waals surface area contributed by atoms with Crippen LogP contribution in [0.25, 0.3) is 11.0 Å². The molecular weight excluding hydrogens is 238 g/mol. The van der Waals surface area contributed by atoms with Gasteiger partial charge < -0.3 is 9.47 Å². The summed E-state index contributed by atoms with van der Waals surface area (Å²) >= 11 is 0. The highest BCUT2D eigenvalue weighted by Gasteiger charge is 2.18. The second-order valence-corrected chi connectivity index (χ2v) is 5.27. The van der Waals surface area contributed by atoms with Crippen molar-refractivity contribution in [2.24, 2.45) is 7.05 Å². The number of aromatic nitrogens is 2. The van der Waals surface area contributed by atoms with Gasteiger partial charge in [-0.15, -0.1) is 0 Å². The molecule has 0 spiro atoms. The van der Waals surface area contributed by atoms with Crippen molar-refractivity contribution in [1.82, 2.24) is 14.5 Å². The van der Waals surface area contributed by atoms with Crippen LogP contribution in [0.3, 0.4) is 0 Å². The monoisotopic (exact) mass is 257 g/mol. The molecule has 1 saturated heterocycles. The smallest absolute Gasteiger partial charge is 0.253 e. The van der Waals surface area contributed by atoms with Gasteiger partial charge in [-0.2, -0.15) is 0 Å². The fourth-order valence-corrected chi connectivity index (χ4v) is 2.73. The van der Waals surface area contributed by atoms with Gasteiger partial charge in [-0.3, -0.25) is 4.79 Å². The molecule has 3 rings (SSSR count). The number of nitrogens with zero attached hydrogens (tertiary/aromatic N) is 3. The van der Waals surface area contributed by atoms with E-state index in [4.69, 9.17) is 0 Å². The molecule has 0 bridgehead atoms. The molecule has 100 valence electrons. The number of piperidine rings is 1. The molecule has 1 amide bonds. The van der Waals surface area contributed by atoms with Gasteiger partial charge in [-0.25, -0.2) is 4.98 Å². The third kappa shape index (κ3) is 2.11. The van der Waals surface area contributed by atoms with Crippen molar-refractivity contribution < 1.29 is 4.79 Å². The average molecular weight is 257 g/mol. The number of aryl methyl sites for hydroxylation is 2. The van der Waals surface area contributed by atoms with Gasteiger partial charge in [0.1, 0.15) is 5.82 Å². The van der Waals surface area contributed by atoms with Crippen LogP contribution in [-0.2, 0) is 7.05 Å². The van der Waals surface area contributed by atoms with Crippen molar-refractivity contribution in [3.8, 4) is 0 Å². The molecule has 2 aromatic rings. The van der Waals surface area contributed by atoms with E-state index in [-0.39, 0.29) is 5.91 Å². The number of carbonyl (C=O) groups is 1. The number of likely N-dealkylation sites (tertiary alicyclic amines) is 1. The molecular formula is C15H19N3O. The summed E-state index contributed by atoms with van der Waals surface area (Å²) in [7, 11) is 2.00. The Hall–Kier alpha value is -1.84. The third-order valence-electron chi connectivity index (χ3n) is 3.99. The summed E-state index contributed by atoms with van der Waals surface area (Å²) in [4.78, 5) is 18.9. The fraction of sp³-hybridized carbons (Fsp3) is 0.467. The van der Waals surface area contributed by atoms with Gasteiger partial charge in [0.05, 0.1) is 11.0 Å². The zero-order valence-corrected chi connectivity index (χ0v) is 11.5. The highest BCUT2D eigenvalue weighted by molar-refractivity contribution is 5.97.